The van der Waals surface area contributed by atoms with Crippen molar-refractivity contribution in [2.45, 2.75) is 50.7 Å². The average Bonchev–Trinajstić information content (AvgIpc) is 3.26. The minimum Gasteiger partial charge on any atom is -0.496 e. The van der Waals surface area contributed by atoms with Gasteiger partial charge in [0.15, 0.2) is 0 Å². The summed E-state index contributed by atoms with van der Waals surface area (Å²) in [6.07, 6.45) is 4.57. The molecule has 1 aliphatic carbocycles. The van der Waals surface area contributed by atoms with E-state index in [2.05, 4.69) is 5.32 Å². The number of methoxy groups -OCH3 is 2. The van der Waals surface area contributed by atoms with E-state index in [9.17, 15) is 18.8 Å². The van der Waals surface area contributed by atoms with E-state index in [1.807, 2.05) is 0 Å². The molecule has 2 amide bonds. The summed E-state index contributed by atoms with van der Waals surface area (Å²) in [5.41, 5.74) is 1.36. The lowest BCUT2D eigenvalue weighted by atomic mass is 9.84. The Morgan fingerprint density at radius 2 is 1.79 bits per heavy atom. The SMILES string of the molecule is COC(=O)c1cc(CNC(=O)[C@@H]2C[C@H]3CCCC[C@H]3N2C(=O)c2ccc(F)cc2)ccc1OC. The first-order chi connectivity index (χ1) is 16.4. The number of esters is 1. The van der Waals surface area contributed by atoms with Gasteiger partial charge in [0, 0.05) is 18.2 Å². The van der Waals surface area contributed by atoms with Gasteiger partial charge in [0.25, 0.3) is 5.91 Å². The van der Waals surface area contributed by atoms with Crippen LogP contribution in [0.4, 0.5) is 4.39 Å². The Morgan fingerprint density at radius 3 is 2.50 bits per heavy atom. The van der Waals surface area contributed by atoms with Gasteiger partial charge in [0.1, 0.15) is 23.2 Å². The molecule has 0 spiro atoms. The summed E-state index contributed by atoms with van der Waals surface area (Å²) < 4.78 is 23.4. The van der Waals surface area contributed by atoms with Crippen LogP contribution in [0.15, 0.2) is 42.5 Å². The van der Waals surface area contributed by atoms with Crippen LogP contribution in [-0.4, -0.2) is 49.0 Å². The first kappa shape index (κ1) is 23.7. The summed E-state index contributed by atoms with van der Waals surface area (Å²) >= 11 is 0. The smallest absolute Gasteiger partial charge is 0.341 e. The van der Waals surface area contributed by atoms with E-state index in [0.29, 0.717) is 23.3 Å². The van der Waals surface area contributed by atoms with Crippen LogP contribution in [0.1, 0.15) is 58.4 Å². The molecule has 1 saturated carbocycles. The molecule has 34 heavy (non-hydrogen) atoms. The Hall–Kier alpha value is -3.42. The van der Waals surface area contributed by atoms with E-state index in [1.165, 1.54) is 38.5 Å². The van der Waals surface area contributed by atoms with Crippen molar-refractivity contribution in [1.29, 1.82) is 0 Å². The molecule has 1 heterocycles. The number of nitrogens with zero attached hydrogens (tertiary/aromatic N) is 1. The van der Waals surface area contributed by atoms with Crippen molar-refractivity contribution in [2.24, 2.45) is 5.92 Å². The highest BCUT2D eigenvalue weighted by Gasteiger charge is 2.47. The Kier molecular flexibility index (Phi) is 7.14. The van der Waals surface area contributed by atoms with E-state index < -0.39 is 17.8 Å². The molecule has 1 saturated heterocycles. The van der Waals surface area contributed by atoms with Crippen molar-refractivity contribution in [3.05, 3.63) is 65.0 Å². The minimum atomic E-state index is -0.594. The van der Waals surface area contributed by atoms with Crippen molar-refractivity contribution in [3.63, 3.8) is 0 Å². The number of likely N-dealkylation sites (tertiary alicyclic amines) is 1. The fourth-order valence-electron chi connectivity index (χ4n) is 5.17. The van der Waals surface area contributed by atoms with Crippen molar-refractivity contribution in [1.82, 2.24) is 10.2 Å². The van der Waals surface area contributed by atoms with Crippen molar-refractivity contribution < 1.29 is 28.2 Å². The van der Waals surface area contributed by atoms with E-state index in [4.69, 9.17) is 9.47 Å². The number of rotatable bonds is 6. The van der Waals surface area contributed by atoms with E-state index in [1.54, 1.807) is 23.1 Å². The first-order valence-corrected chi connectivity index (χ1v) is 11.5. The second-order valence-corrected chi connectivity index (χ2v) is 8.83. The quantitative estimate of drug-likeness (QED) is 0.654. The maximum absolute atomic E-state index is 13.4. The topological polar surface area (TPSA) is 84.9 Å². The Balaban J connectivity index is 1.52. The number of hydrogen-bond donors (Lipinski definition) is 1. The molecule has 0 bridgehead atoms. The summed E-state index contributed by atoms with van der Waals surface area (Å²) in [5.74, 6) is -0.750. The second kappa shape index (κ2) is 10.2. The van der Waals surface area contributed by atoms with Crippen LogP contribution in [0.5, 0.6) is 5.75 Å². The molecule has 0 aromatic heterocycles. The molecule has 2 fully saturated rings. The summed E-state index contributed by atoms with van der Waals surface area (Å²) in [6, 6.07) is 9.92. The van der Waals surface area contributed by atoms with Crippen LogP contribution < -0.4 is 10.1 Å². The number of fused-ring (bicyclic) bond motifs is 1. The standard InChI is InChI=1S/C26H29FN2O5/c1-33-23-12-7-16(13-20(23)26(32)34-2)15-28-24(30)22-14-18-5-3-4-6-21(18)29(22)25(31)17-8-10-19(27)11-9-17/h7-13,18,21-22H,3-6,14-15H2,1-2H3,(H,28,30)/t18-,21-,22+/m1/s1. The molecule has 1 N–H and O–H groups in total. The fourth-order valence-corrected chi connectivity index (χ4v) is 5.17. The molecule has 2 aromatic carbocycles. The summed E-state index contributed by atoms with van der Waals surface area (Å²) in [7, 11) is 2.76. The average molecular weight is 469 g/mol. The lowest BCUT2D eigenvalue weighted by Crippen LogP contribution is -2.49. The molecule has 1 aliphatic heterocycles. The largest absolute Gasteiger partial charge is 0.496 e. The zero-order valence-corrected chi connectivity index (χ0v) is 19.4. The lowest BCUT2D eigenvalue weighted by molar-refractivity contribution is -0.125. The predicted octanol–water partition coefficient (Wildman–Crippen LogP) is 3.71. The van der Waals surface area contributed by atoms with Crippen molar-refractivity contribution >= 4 is 17.8 Å². The molecule has 180 valence electrons. The van der Waals surface area contributed by atoms with Gasteiger partial charge in [-0.2, -0.15) is 0 Å². The van der Waals surface area contributed by atoms with Gasteiger partial charge in [0.2, 0.25) is 5.91 Å². The molecule has 0 radical (unpaired) electrons. The van der Waals surface area contributed by atoms with Crippen LogP contribution in [0.2, 0.25) is 0 Å². The minimum absolute atomic E-state index is 0.00830. The monoisotopic (exact) mass is 468 g/mol. The maximum Gasteiger partial charge on any atom is 0.341 e. The molecule has 2 aliphatic rings. The number of halogens is 1. The van der Waals surface area contributed by atoms with E-state index in [0.717, 1.165) is 25.7 Å². The Labute approximate surface area is 198 Å². The summed E-state index contributed by atoms with van der Waals surface area (Å²) in [5, 5.41) is 2.93. The van der Waals surface area contributed by atoms with Crippen LogP contribution in [-0.2, 0) is 16.1 Å². The van der Waals surface area contributed by atoms with E-state index in [-0.39, 0.29) is 35.9 Å². The number of carbonyl (C=O) groups excluding carboxylic acids is 3. The summed E-state index contributed by atoms with van der Waals surface area (Å²) in [4.78, 5) is 40.4. The highest BCUT2D eigenvalue weighted by molar-refractivity contribution is 5.98. The van der Waals surface area contributed by atoms with Gasteiger partial charge in [0.05, 0.1) is 14.2 Å². The normalized spacial score (nSPS) is 21.5. The molecule has 2 aromatic rings. The fraction of sp³-hybridized carbons (Fsp3) is 0.423. The van der Waals surface area contributed by atoms with Crippen LogP contribution in [0.25, 0.3) is 0 Å². The predicted molar refractivity (Wildman–Crippen MR) is 123 cm³/mol. The number of nitrogens with one attached hydrogen (secondary N) is 1. The van der Waals surface area contributed by atoms with E-state index >= 15 is 0 Å². The molecular weight excluding hydrogens is 439 g/mol. The van der Waals surface area contributed by atoms with Gasteiger partial charge in [-0.05, 0) is 67.1 Å². The van der Waals surface area contributed by atoms with Crippen molar-refractivity contribution in [2.75, 3.05) is 14.2 Å². The number of benzene rings is 2. The summed E-state index contributed by atoms with van der Waals surface area (Å²) in [6.45, 7) is 0.192. The number of amides is 2. The van der Waals surface area contributed by atoms with Crippen LogP contribution in [0.3, 0.4) is 0 Å². The van der Waals surface area contributed by atoms with Crippen molar-refractivity contribution in [3.8, 4) is 5.75 Å². The third-order valence-corrected chi connectivity index (χ3v) is 6.85. The zero-order chi connectivity index (χ0) is 24.2. The molecule has 0 unspecified atom stereocenters. The second-order valence-electron chi connectivity index (χ2n) is 8.83. The molecule has 7 nitrogen and oxygen atoms in total. The van der Waals surface area contributed by atoms with Gasteiger partial charge < -0.3 is 19.7 Å². The Bertz CT molecular complexity index is 1070. The number of carbonyl (C=O) groups is 3. The van der Waals surface area contributed by atoms with Gasteiger partial charge in [-0.3, -0.25) is 9.59 Å². The molecule has 4 rings (SSSR count). The van der Waals surface area contributed by atoms with Gasteiger partial charge >= 0.3 is 5.97 Å². The first-order valence-electron chi connectivity index (χ1n) is 11.5. The highest BCUT2D eigenvalue weighted by Crippen LogP contribution is 2.40. The van der Waals surface area contributed by atoms with Gasteiger partial charge in [-0.15, -0.1) is 0 Å². The molecular formula is C26H29FN2O5. The van der Waals surface area contributed by atoms with Crippen LogP contribution in [0, 0.1) is 11.7 Å². The Morgan fingerprint density at radius 1 is 1.06 bits per heavy atom. The third-order valence-electron chi connectivity index (χ3n) is 6.85. The highest BCUT2D eigenvalue weighted by atomic mass is 19.1. The molecule has 3 atom stereocenters. The maximum atomic E-state index is 13.4. The molecule has 8 heteroatoms. The third kappa shape index (κ3) is 4.76. The zero-order valence-electron chi connectivity index (χ0n) is 19.4. The van der Waals surface area contributed by atoms with Gasteiger partial charge in [-0.1, -0.05) is 18.9 Å². The number of ether oxygens (including phenoxy) is 2. The van der Waals surface area contributed by atoms with Crippen LogP contribution >= 0.6 is 0 Å². The van der Waals surface area contributed by atoms with Gasteiger partial charge in [-0.25, -0.2) is 9.18 Å². The number of hydrogen-bond acceptors (Lipinski definition) is 5. The lowest BCUT2D eigenvalue weighted by Gasteiger charge is -2.33.